The summed E-state index contributed by atoms with van der Waals surface area (Å²) in [5, 5.41) is 16.7. The van der Waals surface area contributed by atoms with Crippen LogP contribution < -0.4 is 0 Å². The summed E-state index contributed by atoms with van der Waals surface area (Å²) in [6, 6.07) is 3.54. The predicted molar refractivity (Wildman–Crippen MR) is 66.3 cm³/mol. The lowest BCUT2D eigenvalue weighted by Gasteiger charge is -2.06. The van der Waals surface area contributed by atoms with Crippen molar-refractivity contribution in [3.63, 3.8) is 0 Å². The number of rotatable bonds is 5. The van der Waals surface area contributed by atoms with Gasteiger partial charge in [0.1, 0.15) is 5.69 Å². The Kier molecular flexibility index (Phi) is 4.19. The molecule has 0 aliphatic rings. The second-order valence-corrected chi connectivity index (χ2v) is 3.70. The number of carbonyl (C=O) groups excluding carboxylic acids is 1. The van der Waals surface area contributed by atoms with Gasteiger partial charge in [0, 0.05) is 18.0 Å². The number of hydrogen-bond acceptors (Lipinski definition) is 6. The van der Waals surface area contributed by atoms with Crippen molar-refractivity contribution < 1.29 is 14.6 Å². The third kappa shape index (κ3) is 2.76. The van der Waals surface area contributed by atoms with Crippen LogP contribution in [0.2, 0.25) is 0 Å². The minimum atomic E-state index is -0.537. The zero-order valence-electron chi connectivity index (χ0n) is 10.5. The number of ether oxygens (including phenoxy) is 1. The van der Waals surface area contributed by atoms with Crippen LogP contribution in [0, 0.1) is 0 Å². The van der Waals surface area contributed by atoms with Crippen molar-refractivity contribution >= 4 is 5.97 Å². The van der Waals surface area contributed by atoms with Gasteiger partial charge in [0.25, 0.3) is 0 Å². The Balaban J connectivity index is 2.48. The maximum Gasteiger partial charge on any atom is 0.361 e. The normalized spacial score (nSPS) is 10.4. The van der Waals surface area contributed by atoms with Crippen LogP contribution >= 0.6 is 0 Å². The summed E-state index contributed by atoms with van der Waals surface area (Å²) >= 11 is 0. The van der Waals surface area contributed by atoms with Gasteiger partial charge < -0.3 is 9.84 Å². The third-order valence-corrected chi connectivity index (χ3v) is 2.45. The summed E-state index contributed by atoms with van der Waals surface area (Å²) in [5.74, 6) is -0.537. The van der Waals surface area contributed by atoms with Gasteiger partial charge in [0.05, 0.1) is 19.8 Å². The smallest absolute Gasteiger partial charge is 0.361 e. The van der Waals surface area contributed by atoms with Crippen molar-refractivity contribution in [2.75, 3.05) is 13.2 Å². The Hall–Kier alpha value is -2.28. The summed E-state index contributed by atoms with van der Waals surface area (Å²) in [6.45, 7) is 2.13. The minimum absolute atomic E-state index is 0.0983. The maximum atomic E-state index is 11.8. The second-order valence-electron chi connectivity index (χ2n) is 3.70. The van der Waals surface area contributed by atoms with Crippen LogP contribution in [-0.4, -0.2) is 44.3 Å². The van der Waals surface area contributed by atoms with Crippen molar-refractivity contribution in [3.05, 3.63) is 30.2 Å². The molecule has 2 aromatic rings. The Bertz CT molecular complexity index is 553. The molecule has 2 rings (SSSR count). The van der Waals surface area contributed by atoms with Crippen LogP contribution in [0.1, 0.15) is 17.4 Å². The van der Waals surface area contributed by atoms with Crippen molar-refractivity contribution in [3.8, 4) is 11.3 Å². The molecule has 0 amide bonds. The van der Waals surface area contributed by atoms with Gasteiger partial charge in [0.15, 0.2) is 5.69 Å². The van der Waals surface area contributed by atoms with E-state index in [4.69, 9.17) is 9.84 Å². The molecule has 0 spiro atoms. The first-order valence-electron chi connectivity index (χ1n) is 5.89. The van der Waals surface area contributed by atoms with Gasteiger partial charge in [-0.25, -0.2) is 9.48 Å². The molecule has 0 fully saturated rings. The third-order valence-electron chi connectivity index (χ3n) is 2.45. The van der Waals surface area contributed by atoms with Gasteiger partial charge in [-0.1, -0.05) is 5.21 Å². The Morgan fingerprint density at radius 3 is 3.00 bits per heavy atom. The number of aliphatic hydroxyl groups excluding tert-OH is 1. The van der Waals surface area contributed by atoms with E-state index in [1.54, 1.807) is 31.5 Å². The lowest BCUT2D eigenvalue weighted by Crippen LogP contribution is -2.09. The van der Waals surface area contributed by atoms with E-state index in [2.05, 4.69) is 15.3 Å². The number of carbonyl (C=O) groups is 1. The number of pyridine rings is 1. The molecule has 0 aliphatic carbocycles. The van der Waals surface area contributed by atoms with Gasteiger partial charge >= 0.3 is 5.97 Å². The van der Waals surface area contributed by atoms with E-state index in [9.17, 15) is 4.79 Å². The zero-order valence-corrected chi connectivity index (χ0v) is 10.5. The van der Waals surface area contributed by atoms with Crippen LogP contribution in [0.4, 0.5) is 0 Å². The minimum Gasteiger partial charge on any atom is -0.461 e. The number of hydrogen-bond donors (Lipinski definition) is 1. The van der Waals surface area contributed by atoms with Crippen molar-refractivity contribution in [2.45, 2.75) is 13.5 Å². The van der Waals surface area contributed by atoms with E-state index in [0.29, 0.717) is 11.3 Å². The summed E-state index contributed by atoms with van der Waals surface area (Å²) < 4.78 is 6.41. The van der Waals surface area contributed by atoms with E-state index < -0.39 is 5.97 Å². The van der Waals surface area contributed by atoms with Crippen molar-refractivity contribution in [1.29, 1.82) is 0 Å². The topological polar surface area (TPSA) is 90.1 Å². The molecular weight excluding hydrogens is 248 g/mol. The lowest BCUT2D eigenvalue weighted by atomic mass is 10.1. The summed E-state index contributed by atoms with van der Waals surface area (Å²) in [6.07, 6.45) is 3.24. The van der Waals surface area contributed by atoms with Gasteiger partial charge in [-0.15, -0.1) is 5.10 Å². The number of aromatic nitrogens is 4. The fourth-order valence-electron chi connectivity index (χ4n) is 1.69. The first-order valence-corrected chi connectivity index (χ1v) is 5.89. The summed E-state index contributed by atoms with van der Waals surface area (Å²) in [4.78, 5) is 15.8. The van der Waals surface area contributed by atoms with Crippen LogP contribution in [0.25, 0.3) is 11.3 Å². The predicted octanol–water partition coefficient (Wildman–Crippen LogP) is 0.509. The van der Waals surface area contributed by atoms with Crippen molar-refractivity contribution in [1.82, 2.24) is 20.0 Å². The lowest BCUT2D eigenvalue weighted by molar-refractivity contribution is 0.0520. The first-order chi connectivity index (χ1) is 9.27. The molecule has 0 unspecified atom stereocenters. The molecule has 7 nitrogen and oxygen atoms in total. The van der Waals surface area contributed by atoms with Gasteiger partial charge in [-0.05, 0) is 19.1 Å². The molecule has 2 heterocycles. The van der Waals surface area contributed by atoms with E-state index in [0.717, 1.165) is 0 Å². The number of esters is 1. The fourth-order valence-corrected chi connectivity index (χ4v) is 1.69. The van der Waals surface area contributed by atoms with E-state index in [1.807, 2.05) is 0 Å². The Morgan fingerprint density at radius 2 is 2.37 bits per heavy atom. The van der Waals surface area contributed by atoms with E-state index in [1.165, 1.54) is 4.68 Å². The van der Waals surface area contributed by atoms with E-state index >= 15 is 0 Å². The molecule has 1 N–H and O–H groups in total. The monoisotopic (exact) mass is 262 g/mol. The number of nitrogens with zero attached hydrogens (tertiary/aromatic N) is 4. The highest BCUT2D eigenvalue weighted by Gasteiger charge is 2.22. The van der Waals surface area contributed by atoms with Gasteiger partial charge in [0.2, 0.25) is 0 Å². The standard InChI is InChI=1S/C12H14N4O3/c1-2-19-12(18)10-11(9-4-3-5-13-8-9)16(6-7-17)15-14-10/h3-5,8,17H,2,6-7H2,1H3. The highest BCUT2D eigenvalue weighted by atomic mass is 16.5. The summed E-state index contributed by atoms with van der Waals surface area (Å²) in [7, 11) is 0. The molecule has 7 heteroatoms. The van der Waals surface area contributed by atoms with Crippen molar-refractivity contribution in [2.24, 2.45) is 0 Å². The molecule has 0 aromatic carbocycles. The average Bonchev–Trinajstić information content (AvgIpc) is 2.84. The SMILES string of the molecule is CCOC(=O)c1nnn(CCO)c1-c1cccnc1. The molecule has 0 atom stereocenters. The van der Waals surface area contributed by atoms with Crippen LogP contribution in [0.15, 0.2) is 24.5 Å². The molecular formula is C12H14N4O3. The molecule has 100 valence electrons. The van der Waals surface area contributed by atoms with Gasteiger partial charge in [-0.2, -0.15) is 0 Å². The molecule has 19 heavy (non-hydrogen) atoms. The van der Waals surface area contributed by atoms with Crippen LogP contribution in [0.5, 0.6) is 0 Å². The fraction of sp³-hybridized carbons (Fsp3) is 0.333. The maximum absolute atomic E-state index is 11.8. The molecule has 0 bridgehead atoms. The summed E-state index contributed by atoms with van der Waals surface area (Å²) in [5.41, 5.74) is 1.33. The van der Waals surface area contributed by atoms with E-state index in [-0.39, 0.29) is 25.5 Å². The Labute approximate surface area is 109 Å². The molecule has 2 aromatic heterocycles. The molecule has 0 aliphatic heterocycles. The zero-order chi connectivity index (χ0) is 13.7. The van der Waals surface area contributed by atoms with Crippen LogP contribution in [0.3, 0.4) is 0 Å². The quantitative estimate of drug-likeness (QED) is 0.789. The Morgan fingerprint density at radius 1 is 1.53 bits per heavy atom. The number of aliphatic hydroxyl groups is 1. The van der Waals surface area contributed by atoms with Crippen LogP contribution in [-0.2, 0) is 11.3 Å². The van der Waals surface area contributed by atoms with Gasteiger partial charge in [-0.3, -0.25) is 4.98 Å². The second kappa shape index (κ2) is 6.05. The first kappa shape index (κ1) is 13.2. The molecule has 0 saturated heterocycles. The average molecular weight is 262 g/mol. The highest BCUT2D eigenvalue weighted by molar-refractivity contribution is 5.93. The largest absolute Gasteiger partial charge is 0.461 e. The molecule has 0 saturated carbocycles. The molecule has 0 radical (unpaired) electrons. The highest BCUT2D eigenvalue weighted by Crippen LogP contribution is 2.21.